The smallest absolute Gasteiger partial charge is 0.409 e. The lowest BCUT2D eigenvalue weighted by molar-refractivity contribution is 0.0342. The summed E-state index contributed by atoms with van der Waals surface area (Å²) in [5.41, 5.74) is 0. The van der Waals surface area contributed by atoms with Gasteiger partial charge < -0.3 is 39.1 Å². The zero-order chi connectivity index (χ0) is 22.9. The van der Waals surface area contributed by atoms with Crippen LogP contribution in [0.1, 0.15) is 39.0 Å². The Hall–Kier alpha value is -0.970. The largest absolute Gasteiger partial charge is 0.453 e. The average Bonchev–Trinajstić information content (AvgIpc) is 2.73. The Morgan fingerprint density at radius 1 is 0.903 bits per heavy atom. The summed E-state index contributed by atoms with van der Waals surface area (Å²) in [6.45, 7) is 9.45. The van der Waals surface area contributed by atoms with Gasteiger partial charge in [0, 0.05) is 46.5 Å². The maximum absolute atomic E-state index is 12.1. The lowest BCUT2D eigenvalue weighted by Gasteiger charge is -2.31. The monoisotopic (exact) mass is 447 g/mol. The second-order valence-corrected chi connectivity index (χ2v) is 8.22. The number of carbonyl (C=O) groups is 1. The van der Waals surface area contributed by atoms with Crippen LogP contribution < -0.4 is 0 Å². The number of nitrogens with zero attached hydrogens (tertiary/aromatic N) is 3. The third kappa shape index (κ3) is 13.2. The van der Waals surface area contributed by atoms with E-state index in [0.717, 1.165) is 58.3 Å². The lowest BCUT2D eigenvalue weighted by atomic mass is 10.1. The summed E-state index contributed by atoms with van der Waals surface area (Å²) in [4.78, 5) is 18.4. The predicted molar refractivity (Wildman–Crippen MR) is 120 cm³/mol. The molecule has 0 aromatic carbocycles. The number of hydrogen-bond acceptors (Lipinski definition) is 8. The van der Waals surface area contributed by atoms with E-state index in [1.807, 2.05) is 6.92 Å². The number of rotatable bonds is 11. The standard InChI is InChI=1S/C22H45N3O6/c1-4-31-16-5-9-20(26)17-23-10-6-11-24(18-21(27)19-29-2)13-8-15-25(14-7-12-23)22(28)30-3/h20-21,26-27H,4-19H2,1-3H3. The normalized spacial score (nSPS) is 20.0. The molecular weight excluding hydrogens is 402 g/mol. The van der Waals surface area contributed by atoms with E-state index < -0.39 is 6.10 Å². The summed E-state index contributed by atoms with van der Waals surface area (Å²) >= 11 is 0. The number of amides is 1. The van der Waals surface area contributed by atoms with Gasteiger partial charge in [-0.3, -0.25) is 0 Å². The maximum atomic E-state index is 12.1. The summed E-state index contributed by atoms with van der Waals surface area (Å²) in [6.07, 6.45) is 3.00. The third-order valence-electron chi connectivity index (χ3n) is 5.51. The molecule has 2 N–H and O–H groups in total. The Balaban J connectivity index is 2.66. The Bertz CT molecular complexity index is 457. The summed E-state index contributed by atoms with van der Waals surface area (Å²) in [7, 11) is 3.00. The molecule has 2 atom stereocenters. The highest BCUT2D eigenvalue weighted by molar-refractivity contribution is 5.67. The van der Waals surface area contributed by atoms with Crippen LogP contribution in [0.4, 0.5) is 4.79 Å². The van der Waals surface area contributed by atoms with E-state index in [1.165, 1.54) is 7.11 Å². The van der Waals surface area contributed by atoms with Crippen LogP contribution in [-0.2, 0) is 14.2 Å². The van der Waals surface area contributed by atoms with Crippen molar-refractivity contribution in [1.82, 2.24) is 14.7 Å². The third-order valence-corrected chi connectivity index (χ3v) is 5.51. The molecule has 31 heavy (non-hydrogen) atoms. The number of aliphatic hydroxyl groups excluding tert-OH is 2. The molecule has 0 radical (unpaired) electrons. The quantitative estimate of drug-likeness (QED) is 0.454. The van der Waals surface area contributed by atoms with Gasteiger partial charge in [-0.15, -0.1) is 0 Å². The van der Waals surface area contributed by atoms with Gasteiger partial charge in [0.05, 0.1) is 25.9 Å². The first-order chi connectivity index (χ1) is 15.0. The van der Waals surface area contributed by atoms with Crippen LogP contribution in [0.3, 0.4) is 0 Å². The van der Waals surface area contributed by atoms with Crippen molar-refractivity contribution in [3.8, 4) is 0 Å². The molecule has 0 aromatic rings. The molecule has 0 aromatic heterocycles. The number of carbonyl (C=O) groups excluding carboxylic acids is 1. The first-order valence-electron chi connectivity index (χ1n) is 11.7. The van der Waals surface area contributed by atoms with Gasteiger partial charge in [0.1, 0.15) is 0 Å². The van der Waals surface area contributed by atoms with Crippen molar-refractivity contribution in [2.75, 3.05) is 86.4 Å². The van der Waals surface area contributed by atoms with Crippen molar-refractivity contribution in [3.05, 3.63) is 0 Å². The molecule has 0 bridgehead atoms. The number of β-amino-alcohol motifs (C(OH)–C–C–N with tert-alkyl or cyclic N) is 2. The number of methoxy groups -OCH3 is 2. The summed E-state index contributed by atoms with van der Waals surface area (Å²) in [5.74, 6) is 0. The van der Waals surface area contributed by atoms with Crippen molar-refractivity contribution in [2.45, 2.75) is 51.2 Å². The van der Waals surface area contributed by atoms with Crippen LogP contribution in [0, 0.1) is 0 Å². The van der Waals surface area contributed by atoms with E-state index in [4.69, 9.17) is 14.2 Å². The van der Waals surface area contributed by atoms with Gasteiger partial charge in [-0.2, -0.15) is 0 Å². The van der Waals surface area contributed by atoms with E-state index in [2.05, 4.69) is 9.80 Å². The fourth-order valence-electron chi connectivity index (χ4n) is 4.00. The van der Waals surface area contributed by atoms with Gasteiger partial charge in [0.2, 0.25) is 0 Å². The van der Waals surface area contributed by atoms with E-state index >= 15 is 0 Å². The maximum Gasteiger partial charge on any atom is 0.409 e. The summed E-state index contributed by atoms with van der Waals surface area (Å²) < 4.78 is 15.4. The first kappa shape index (κ1) is 28.1. The molecule has 184 valence electrons. The van der Waals surface area contributed by atoms with Gasteiger partial charge in [-0.05, 0) is 65.2 Å². The SMILES string of the molecule is CCOCCCC(O)CN1CCCN(CC(O)COC)CCCN(C(=O)OC)CCC1. The average molecular weight is 448 g/mol. The zero-order valence-electron chi connectivity index (χ0n) is 19.8. The minimum absolute atomic E-state index is 0.300. The van der Waals surface area contributed by atoms with E-state index in [0.29, 0.717) is 46.0 Å². The van der Waals surface area contributed by atoms with E-state index in [-0.39, 0.29) is 12.2 Å². The van der Waals surface area contributed by atoms with Crippen molar-refractivity contribution in [3.63, 3.8) is 0 Å². The Morgan fingerprint density at radius 3 is 1.97 bits per heavy atom. The fraction of sp³-hybridized carbons (Fsp3) is 0.955. The zero-order valence-corrected chi connectivity index (χ0v) is 19.8. The molecule has 1 heterocycles. The molecule has 0 spiro atoms. The second-order valence-electron chi connectivity index (χ2n) is 8.22. The van der Waals surface area contributed by atoms with E-state index in [9.17, 15) is 15.0 Å². The predicted octanol–water partition coefficient (Wildman–Crippen LogP) is 1.03. The molecule has 2 unspecified atom stereocenters. The summed E-state index contributed by atoms with van der Waals surface area (Å²) in [5, 5.41) is 20.6. The van der Waals surface area contributed by atoms with Gasteiger partial charge in [-0.25, -0.2) is 4.79 Å². The first-order valence-corrected chi connectivity index (χ1v) is 11.7. The van der Waals surface area contributed by atoms with Crippen LogP contribution in [0.5, 0.6) is 0 Å². The van der Waals surface area contributed by atoms with Crippen molar-refractivity contribution in [1.29, 1.82) is 0 Å². The van der Waals surface area contributed by atoms with Crippen molar-refractivity contribution < 1.29 is 29.2 Å². The highest BCUT2D eigenvalue weighted by Gasteiger charge is 2.19. The van der Waals surface area contributed by atoms with Crippen molar-refractivity contribution in [2.24, 2.45) is 0 Å². The number of aliphatic hydroxyl groups is 2. The van der Waals surface area contributed by atoms with Crippen LogP contribution in [0.25, 0.3) is 0 Å². The molecule has 1 saturated heterocycles. The topological polar surface area (TPSA) is 94.9 Å². The lowest BCUT2D eigenvalue weighted by Crippen LogP contribution is -2.42. The highest BCUT2D eigenvalue weighted by atomic mass is 16.5. The van der Waals surface area contributed by atoms with Gasteiger partial charge in [0.15, 0.2) is 0 Å². The molecule has 1 fully saturated rings. The van der Waals surface area contributed by atoms with Crippen molar-refractivity contribution >= 4 is 6.09 Å². The van der Waals surface area contributed by atoms with Crippen LogP contribution in [-0.4, -0.2) is 130 Å². The highest BCUT2D eigenvalue weighted by Crippen LogP contribution is 2.08. The Kier molecular flexibility index (Phi) is 15.9. The fourth-order valence-corrected chi connectivity index (χ4v) is 4.00. The molecule has 0 saturated carbocycles. The minimum atomic E-state index is -0.530. The molecule has 1 aliphatic rings. The van der Waals surface area contributed by atoms with Crippen LogP contribution in [0.15, 0.2) is 0 Å². The van der Waals surface area contributed by atoms with E-state index in [1.54, 1.807) is 12.0 Å². The molecule has 0 aliphatic carbocycles. The van der Waals surface area contributed by atoms with Crippen LogP contribution in [0.2, 0.25) is 0 Å². The molecule has 1 amide bonds. The number of ether oxygens (including phenoxy) is 3. The molecule has 9 heteroatoms. The molecule has 1 rings (SSSR count). The van der Waals surface area contributed by atoms with Gasteiger partial charge in [0.25, 0.3) is 0 Å². The van der Waals surface area contributed by atoms with Crippen LogP contribution >= 0.6 is 0 Å². The molecular formula is C22H45N3O6. The molecule has 9 nitrogen and oxygen atoms in total. The van der Waals surface area contributed by atoms with Gasteiger partial charge in [-0.1, -0.05) is 0 Å². The Labute approximate surface area is 188 Å². The minimum Gasteiger partial charge on any atom is -0.453 e. The molecule has 1 aliphatic heterocycles. The Morgan fingerprint density at radius 2 is 1.45 bits per heavy atom. The number of hydrogen-bond donors (Lipinski definition) is 2. The summed E-state index contributed by atoms with van der Waals surface area (Å²) in [6, 6.07) is 0. The second kappa shape index (κ2) is 17.6. The van der Waals surface area contributed by atoms with Gasteiger partial charge >= 0.3 is 6.09 Å².